The first kappa shape index (κ1) is 14.6. The number of benzene rings is 2. The molecule has 1 saturated heterocycles. The summed E-state index contributed by atoms with van der Waals surface area (Å²) in [5, 5.41) is 2.63. The summed E-state index contributed by atoms with van der Waals surface area (Å²) < 4.78 is 12.2. The molecule has 0 amide bonds. The molecular weight excluding hydrogens is 259 g/mol. The zero-order valence-electron chi connectivity index (χ0n) is 13.3. The summed E-state index contributed by atoms with van der Waals surface area (Å²) in [7, 11) is -0.117. The van der Waals surface area contributed by atoms with Crippen molar-refractivity contribution in [1.82, 2.24) is 0 Å². The minimum absolute atomic E-state index is 0.117. The van der Waals surface area contributed by atoms with E-state index in [0.717, 1.165) is 12.7 Å². The molecule has 0 N–H and O–H groups in total. The summed E-state index contributed by atoms with van der Waals surface area (Å²) in [6, 6.07) is 15.0. The van der Waals surface area contributed by atoms with Gasteiger partial charge < -0.3 is 9.31 Å². The first-order valence-electron chi connectivity index (χ1n) is 7.71. The van der Waals surface area contributed by atoms with Gasteiger partial charge in [-0.2, -0.15) is 0 Å². The van der Waals surface area contributed by atoms with E-state index in [2.05, 4.69) is 70.2 Å². The van der Waals surface area contributed by atoms with Crippen LogP contribution in [0.5, 0.6) is 0 Å². The first-order valence-corrected chi connectivity index (χ1v) is 7.71. The van der Waals surface area contributed by atoms with Crippen LogP contribution in [0.25, 0.3) is 10.8 Å². The monoisotopic (exact) mass is 282 g/mol. The zero-order chi connectivity index (χ0) is 15.1. The summed E-state index contributed by atoms with van der Waals surface area (Å²) in [5.41, 5.74) is 0.884. The lowest BCUT2D eigenvalue weighted by Gasteiger charge is -2.32. The number of aryl methyl sites for hydroxylation is 1. The van der Waals surface area contributed by atoms with Gasteiger partial charge in [0, 0.05) is 0 Å². The van der Waals surface area contributed by atoms with Gasteiger partial charge in [-0.3, -0.25) is 0 Å². The van der Waals surface area contributed by atoms with Crippen molar-refractivity contribution < 1.29 is 9.31 Å². The van der Waals surface area contributed by atoms with Crippen molar-refractivity contribution in [2.24, 2.45) is 0 Å². The van der Waals surface area contributed by atoms with E-state index in [9.17, 15) is 0 Å². The maximum absolute atomic E-state index is 6.08. The molecule has 110 valence electrons. The van der Waals surface area contributed by atoms with Gasteiger partial charge in [0.1, 0.15) is 0 Å². The van der Waals surface area contributed by atoms with E-state index in [1.165, 1.54) is 16.3 Å². The molecule has 0 aliphatic carbocycles. The largest absolute Gasteiger partial charge is 0.458 e. The molecule has 3 heteroatoms. The molecule has 0 unspecified atom stereocenters. The lowest BCUT2D eigenvalue weighted by Crippen LogP contribution is -2.41. The normalized spacial score (nSPS) is 20.1. The van der Waals surface area contributed by atoms with E-state index in [1.54, 1.807) is 0 Å². The summed E-state index contributed by atoms with van der Waals surface area (Å²) in [5.74, 6) is 0. The molecule has 1 aliphatic rings. The molecular formula is C18H23BO2. The highest BCUT2D eigenvalue weighted by atomic mass is 16.7. The van der Waals surface area contributed by atoms with Crippen molar-refractivity contribution in [3.63, 3.8) is 0 Å². The van der Waals surface area contributed by atoms with Crippen LogP contribution in [0.4, 0.5) is 0 Å². The molecule has 0 aromatic heterocycles. The molecule has 3 rings (SSSR count). The SMILES string of the molecule is CC1(C)OB(CCc2cccc3ccccc23)OC1(C)C. The third-order valence-corrected chi connectivity index (χ3v) is 4.83. The number of rotatable bonds is 3. The van der Waals surface area contributed by atoms with Crippen molar-refractivity contribution in [3.8, 4) is 0 Å². The van der Waals surface area contributed by atoms with Gasteiger partial charge in [-0.1, -0.05) is 42.5 Å². The van der Waals surface area contributed by atoms with Gasteiger partial charge >= 0.3 is 7.12 Å². The minimum atomic E-state index is -0.240. The Morgan fingerprint density at radius 3 is 2.19 bits per heavy atom. The van der Waals surface area contributed by atoms with E-state index in [4.69, 9.17) is 9.31 Å². The molecule has 2 nitrogen and oxygen atoms in total. The fraction of sp³-hybridized carbons (Fsp3) is 0.444. The lowest BCUT2D eigenvalue weighted by atomic mass is 9.81. The maximum Gasteiger partial charge on any atom is 0.458 e. The van der Waals surface area contributed by atoms with Crippen LogP contribution in [-0.4, -0.2) is 18.3 Å². The highest BCUT2D eigenvalue weighted by molar-refractivity contribution is 6.45. The minimum Gasteiger partial charge on any atom is -0.403 e. The fourth-order valence-electron chi connectivity index (χ4n) is 2.87. The molecule has 1 heterocycles. The molecule has 2 aromatic carbocycles. The number of fused-ring (bicyclic) bond motifs is 1. The number of hydrogen-bond donors (Lipinski definition) is 0. The summed E-state index contributed by atoms with van der Waals surface area (Å²) in [4.78, 5) is 0. The average Bonchev–Trinajstić information content (AvgIpc) is 2.64. The molecule has 0 atom stereocenters. The second-order valence-corrected chi connectivity index (χ2v) is 6.86. The standard InChI is InChI=1S/C18H23BO2/c1-17(2)18(3,4)21-19(20-17)13-12-15-10-7-9-14-8-5-6-11-16(14)15/h5-11H,12-13H2,1-4H3. The summed E-state index contributed by atoms with van der Waals surface area (Å²) in [6.07, 6.45) is 1.86. The van der Waals surface area contributed by atoms with Gasteiger partial charge in [0.25, 0.3) is 0 Å². The predicted molar refractivity (Wildman–Crippen MR) is 88.5 cm³/mol. The Kier molecular flexibility index (Phi) is 3.58. The van der Waals surface area contributed by atoms with Crippen molar-refractivity contribution in [1.29, 1.82) is 0 Å². The van der Waals surface area contributed by atoms with Crippen LogP contribution in [0.3, 0.4) is 0 Å². The van der Waals surface area contributed by atoms with Gasteiger partial charge in [0.05, 0.1) is 11.2 Å². The second kappa shape index (κ2) is 5.15. The smallest absolute Gasteiger partial charge is 0.403 e. The highest BCUT2D eigenvalue weighted by Crippen LogP contribution is 2.38. The van der Waals surface area contributed by atoms with Gasteiger partial charge in [0.2, 0.25) is 0 Å². The van der Waals surface area contributed by atoms with Crippen LogP contribution < -0.4 is 0 Å². The maximum atomic E-state index is 6.08. The zero-order valence-corrected chi connectivity index (χ0v) is 13.3. The molecule has 1 aliphatic heterocycles. The Hall–Kier alpha value is -1.32. The van der Waals surface area contributed by atoms with Gasteiger partial charge in [0.15, 0.2) is 0 Å². The Labute approximate surface area is 127 Å². The molecule has 1 fully saturated rings. The number of hydrogen-bond acceptors (Lipinski definition) is 2. The topological polar surface area (TPSA) is 18.5 Å². The third kappa shape index (κ3) is 2.73. The Balaban J connectivity index is 1.74. The molecule has 21 heavy (non-hydrogen) atoms. The highest BCUT2D eigenvalue weighted by Gasteiger charge is 2.50. The van der Waals surface area contributed by atoms with Crippen molar-refractivity contribution in [3.05, 3.63) is 48.0 Å². The molecule has 0 spiro atoms. The van der Waals surface area contributed by atoms with Gasteiger partial charge in [-0.05, 0) is 56.8 Å². The Morgan fingerprint density at radius 1 is 0.857 bits per heavy atom. The Bertz CT molecular complexity index is 627. The van der Waals surface area contributed by atoms with Crippen molar-refractivity contribution >= 4 is 17.9 Å². The van der Waals surface area contributed by atoms with Gasteiger partial charge in [-0.15, -0.1) is 0 Å². The summed E-state index contributed by atoms with van der Waals surface area (Å²) >= 11 is 0. The van der Waals surface area contributed by atoms with Gasteiger partial charge in [-0.25, -0.2) is 0 Å². The van der Waals surface area contributed by atoms with Crippen LogP contribution in [0, 0.1) is 0 Å². The van der Waals surface area contributed by atoms with Crippen molar-refractivity contribution in [2.75, 3.05) is 0 Å². The van der Waals surface area contributed by atoms with E-state index in [0.29, 0.717) is 0 Å². The van der Waals surface area contributed by atoms with Crippen LogP contribution in [-0.2, 0) is 15.7 Å². The molecule has 0 bridgehead atoms. The Morgan fingerprint density at radius 2 is 1.48 bits per heavy atom. The van der Waals surface area contributed by atoms with Crippen LogP contribution in [0.15, 0.2) is 42.5 Å². The molecule has 0 radical (unpaired) electrons. The fourth-order valence-corrected chi connectivity index (χ4v) is 2.87. The second-order valence-electron chi connectivity index (χ2n) is 6.86. The van der Waals surface area contributed by atoms with E-state index in [-0.39, 0.29) is 18.3 Å². The third-order valence-electron chi connectivity index (χ3n) is 4.83. The van der Waals surface area contributed by atoms with Crippen LogP contribution >= 0.6 is 0 Å². The average molecular weight is 282 g/mol. The van der Waals surface area contributed by atoms with E-state index >= 15 is 0 Å². The quantitative estimate of drug-likeness (QED) is 0.773. The lowest BCUT2D eigenvalue weighted by molar-refractivity contribution is 0.00578. The molecule has 0 saturated carbocycles. The predicted octanol–water partition coefficient (Wildman–Crippen LogP) is 4.47. The van der Waals surface area contributed by atoms with Crippen LogP contribution in [0.1, 0.15) is 33.3 Å². The summed E-state index contributed by atoms with van der Waals surface area (Å²) in [6.45, 7) is 8.41. The molecule has 2 aromatic rings. The van der Waals surface area contributed by atoms with Crippen LogP contribution in [0.2, 0.25) is 6.32 Å². The van der Waals surface area contributed by atoms with Crippen molar-refractivity contribution in [2.45, 2.75) is 51.6 Å². The van der Waals surface area contributed by atoms with E-state index < -0.39 is 0 Å². The van der Waals surface area contributed by atoms with E-state index in [1.807, 2.05) is 0 Å². The first-order chi connectivity index (χ1) is 9.89.